The minimum Gasteiger partial charge on any atom is -0.462 e. The molecule has 0 unspecified atom stereocenters. The van der Waals surface area contributed by atoms with Crippen LogP contribution in [0.5, 0.6) is 0 Å². The van der Waals surface area contributed by atoms with Crippen LogP contribution >= 0.6 is 81.2 Å². The normalized spacial score (nSPS) is 33.9. The molecule has 22 nitrogen and oxygen atoms in total. The highest BCUT2D eigenvalue weighted by Crippen LogP contribution is 2.53. The Kier molecular flexibility index (Phi) is 22.8. The van der Waals surface area contributed by atoms with E-state index in [9.17, 15) is 4.79 Å². The maximum atomic E-state index is 12.5. The molecule has 0 aromatic rings. The molecule has 0 spiro atoms. The van der Waals surface area contributed by atoms with Crippen molar-refractivity contribution in [3.63, 3.8) is 0 Å². The molecule has 6 saturated heterocycles. The number of hydrogen-bond donors (Lipinski definition) is 0. The van der Waals surface area contributed by atoms with Gasteiger partial charge in [0.1, 0.15) is 0 Å². The van der Waals surface area contributed by atoms with Gasteiger partial charge in [-0.05, 0) is 124 Å². The summed E-state index contributed by atoms with van der Waals surface area (Å²) in [7, 11) is -70.5. The van der Waals surface area contributed by atoms with E-state index in [1.807, 2.05) is 13.1 Å². The van der Waals surface area contributed by atoms with Crippen molar-refractivity contribution in [3.8, 4) is 0 Å². The molecule has 6 aliphatic heterocycles. The Morgan fingerprint density at radius 3 is 0.653 bits per heavy atom. The van der Waals surface area contributed by atoms with E-state index >= 15 is 0 Å². The molecule has 0 saturated carbocycles. The first-order chi connectivity index (χ1) is 33.9. The maximum absolute atomic E-state index is 12.5. The monoisotopic (exact) mass is 1480 g/mol. The fraction of sp³-hybridized carbons (Fsp3) is 0.900. The highest BCUT2D eigenvalue weighted by atomic mass is 35.5. The molecule has 0 amide bonds. The van der Waals surface area contributed by atoms with Crippen LogP contribution in [0, 0.1) is 0 Å². The second-order valence-electron chi connectivity index (χ2n) is 23.1. The number of halogens is 7. The van der Waals surface area contributed by atoms with Crippen LogP contribution in [0.1, 0.15) is 13.3 Å². The van der Waals surface area contributed by atoms with Crippen molar-refractivity contribution < 1.29 is 91.8 Å². The lowest BCUT2D eigenvalue weighted by atomic mass is 10.4. The molecule has 0 atom stereocenters. The zero-order valence-corrected chi connectivity index (χ0v) is 66.7. The van der Waals surface area contributed by atoms with Crippen molar-refractivity contribution in [2.45, 2.75) is 124 Å². The van der Waals surface area contributed by atoms with E-state index in [1.54, 1.807) is 98.6 Å². The molecule has 75 heavy (non-hydrogen) atoms. The maximum Gasteiger partial charge on any atom is 0.651 e. The predicted octanol–water partition coefficient (Wildman–Crippen LogP) is 8.47. The summed E-state index contributed by atoms with van der Waals surface area (Å²) in [6.45, 7) is 34.0. The van der Waals surface area contributed by atoms with Gasteiger partial charge in [0.15, 0.2) is 66.5 Å². The van der Waals surface area contributed by atoms with Gasteiger partial charge in [0, 0.05) is 44.1 Å². The first kappa shape index (κ1) is 69.7. The molecule has 438 valence electrons. The van der Waals surface area contributed by atoms with Crippen LogP contribution in [-0.4, -0.2) is 190 Å². The summed E-state index contributed by atoms with van der Waals surface area (Å²) in [5, 5.41) is 0. The Balaban J connectivity index is 2.08. The fourth-order valence-corrected chi connectivity index (χ4v) is 75.3. The third-order valence-corrected chi connectivity index (χ3v) is 79.2. The van der Waals surface area contributed by atoms with Gasteiger partial charge in [-0.1, -0.05) is 6.58 Å². The molecule has 0 N–H and O–H groups in total. The standard InChI is InChI=1S/C30H73Cl7O22Si16/c1-29(2)30(38)39-20-19-21-60(3,4)40-68-48-69(41-61(5,6)22-31)51-72(44-64(11,12)25-34)53-70(49-68,42-62(7,8)23-32)55-74(46-66(15,16)27-36)56-71(50-68,43-63(9,10)24-33)54-73(52-69,45-65(13,14)26-35)58-75(57-72,59-74)47-67(17,18)28-37/h1,19-28H2,2-18H3. The van der Waals surface area contributed by atoms with Crippen molar-refractivity contribution in [3.05, 3.63) is 12.2 Å². The average Bonchev–Trinajstić information content (AvgIpc) is 3.20. The van der Waals surface area contributed by atoms with Gasteiger partial charge in [-0.3, -0.25) is 0 Å². The summed E-state index contributed by atoms with van der Waals surface area (Å²) in [5.74, 6) is -0.558. The van der Waals surface area contributed by atoms with Crippen LogP contribution in [-0.2, 0) is 91.8 Å². The third-order valence-electron chi connectivity index (χ3n) is 9.97. The van der Waals surface area contributed by atoms with E-state index < -0.39 is 145 Å². The second-order valence-corrected chi connectivity index (χ2v) is 83.5. The largest absolute Gasteiger partial charge is 0.651 e. The summed E-state index contributed by atoms with van der Waals surface area (Å²) >= 11 is 47.5. The van der Waals surface area contributed by atoms with Gasteiger partial charge in [0.2, 0.25) is 0 Å². The van der Waals surface area contributed by atoms with Crippen LogP contribution in [0.2, 0.25) is 111 Å². The Morgan fingerprint density at radius 1 is 0.347 bits per heavy atom. The van der Waals surface area contributed by atoms with Crippen molar-refractivity contribution in [2.24, 2.45) is 0 Å². The van der Waals surface area contributed by atoms with Crippen molar-refractivity contribution in [1.29, 1.82) is 0 Å². The second kappa shape index (κ2) is 24.6. The Hall–Kier alpha value is 3.91. The van der Waals surface area contributed by atoms with Gasteiger partial charge < -0.3 is 87.0 Å². The molecule has 0 aromatic heterocycles. The molecule has 6 rings (SSSR count). The molecule has 0 aliphatic carbocycles. The van der Waals surface area contributed by atoms with Gasteiger partial charge in [0.05, 0.1) is 6.61 Å². The van der Waals surface area contributed by atoms with Gasteiger partial charge >= 0.3 is 78.4 Å². The lowest BCUT2D eigenvalue weighted by Crippen LogP contribution is -2.93. The zero-order chi connectivity index (χ0) is 57.1. The van der Waals surface area contributed by atoms with E-state index in [0.717, 1.165) is 0 Å². The quantitative estimate of drug-likeness (QED) is 0.0236. The summed E-state index contributed by atoms with van der Waals surface area (Å²) in [6, 6.07) is 0.283. The van der Waals surface area contributed by atoms with Crippen LogP contribution in [0.25, 0.3) is 0 Å². The summed E-state index contributed by atoms with van der Waals surface area (Å²) in [6.07, 6.45) is 0.299. The molecule has 0 radical (unpaired) electrons. The number of rotatable bonds is 28. The molecule has 6 heterocycles. The van der Waals surface area contributed by atoms with Gasteiger partial charge in [-0.15, -0.1) is 81.2 Å². The van der Waals surface area contributed by atoms with Gasteiger partial charge in [-0.2, -0.15) is 0 Å². The van der Waals surface area contributed by atoms with Crippen molar-refractivity contribution in [2.75, 3.05) is 45.1 Å². The van der Waals surface area contributed by atoms with Crippen LogP contribution < -0.4 is 0 Å². The van der Waals surface area contributed by atoms with E-state index in [2.05, 4.69) is 6.58 Å². The Morgan fingerprint density at radius 2 is 0.507 bits per heavy atom. The highest BCUT2D eigenvalue weighted by Gasteiger charge is 2.92. The molecule has 6 fully saturated rings. The van der Waals surface area contributed by atoms with Gasteiger partial charge in [0.25, 0.3) is 0 Å². The van der Waals surface area contributed by atoms with E-state index in [1.165, 1.54) is 0 Å². The molecule has 8 bridgehead atoms. The molecular formula is C30H73Cl7O22Si16. The zero-order valence-electron chi connectivity index (χ0n) is 45.4. The highest BCUT2D eigenvalue weighted by molar-refractivity contribution is 7.05. The van der Waals surface area contributed by atoms with Crippen LogP contribution in [0.3, 0.4) is 0 Å². The van der Waals surface area contributed by atoms with Gasteiger partial charge in [-0.25, -0.2) is 4.79 Å². The van der Waals surface area contributed by atoms with Crippen molar-refractivity contribution >= 4 is 226 Å². The number of alkyl halides is 7. The predicted molar refractivity (Wildman–Crippen MR) is 318 cm³/mol. The SMILES string of the molecule is C=C(C)C(=O)OCCC[Si](C)(C)O[Si]12O[Si]3(O[Si](C)(C)CCl)O[Si]4(O[Si](C)(C)CCl)O[Si]5(O[Si](C)(C)CCl)O[Si](O[Si](C)(C)CCl)(O3)O[Si](O[Si](C)(C)CCl)(O[Si](O[Si](C)(C)CCl)(O5)O[Si](O[Si](C)(C)CCl)(O4)O1)O2. The number of hydrogen-bond acceptors (Lipinski definition) is 22. The minimum absolute atomic E-state index is 0.00539. The summed E-state index contributed by atoms with van der Waals surface area (Å²) < 4.78 is 152. The first-order valence-corrected chi connectivity index (χ1v) is 65.4. The summed E-state index contributed by atoms with van der Waals surface area (Å²) in [5.41, 5.74) is -0.207. The minimum atomic E-state index is -5.51. The lowest BCUT2D eigenvalue weighted by molar-refractivity contribution is -0.139. The molecular weight excluding hydrogens is 1410 g/mol. The Labute approximate surface area is 494 Å². The average molecular weight is 1480 g/mol. The van der Waals surface area contributed by atoms with E-state index in [-0.39, 0.29) is 56.7 Å². The summed E-state index contributed by atoms with van der Waals surface area (Å²) in [4.78, 5) is 12.5. The van der Waals surface area contributed by atoms with Crippen LogP contribution in [0.15, 0.2) is 12.2 Å². The van der Waals surface area contributed by atoms with Crippen molar-refractivity contribution in [1.82, 2.24) is 0 Å². The first-order valence-electron chi connectivity index (χ1n) is 23.7. The topological polar surface area (TPSA) is 211 Å². The van der Waals surface area contributed by atoms with E-state index in [4.69, 9.17) is 168 Å². The molecule has 0 aromatic carbocycles. The third kappa shape index (κ3) is 18.2. The van der Waals surface area contributed by atoms with E-state index in [0.29, 0.717) is 6.42 Å². The number of carbonyl (C=O) groups is 1. The molecule has 45 heteroatoms. The molecule has 6 aliphatic rings. The lowest BCUT2D eigenvalue weighted by Gasteiger charge is -2.61. The number of ether oxygens (including phenoxy) is 1. The fourth-order valence-electron chi connectivity index (χ4n) is 6.57. The smallest absolute Gasteiger partial charge is 0.462 e. The Bertz CT molecular complexity index is 1880. The van der Waals surface area contributed by atoms with Crippen LogP contribution in [0.4, 0.5) is 0 Å². The number of esters is 1. The number of carbonyl (C=O) groups excluding carboxylic acids is 1.